The highest BCUT2D eigenvalue weighted by molar-refractivity contribution is 6.06. The molecule has 4 rings (SSSR count). The van der Waals surface area contributed by atoms with Crippen molar-refractivity contribution in [1.29, 1.82) is 5.41 Å². The van der Waals surface area contributed by atoms with Crippen LogP contribution in [0.2, 0.25) is 0 Å². The number of hydrogen-bond donors (Lipinski definition) is 2. The quantitative estimate of drug-likeness (QED) is 0.489. The summed E-state index contributed by atoms with van der Waals surface area (Å²) in [6.45, 7) is 10.4. The van der Waals surface area contributed by atoms with E-state index in [4.69, 9.17) is 19.6 Å². The second-order valence-corrected chi connectivity index (χ2v) is 9.52. The molecule has 2 aromatic rings. The van der Waals surface area contributed by atoms with Crippen LogP contribution in [-0.4, -0.2) is 48.8 Å². The fourth-order valence-electron chi connectivity index (χ4n) is 4.53. The van der Waals surface area contributed by atoms with Crippen LogP contribution in [0.3, 0.4) is 0 Å². The highest BCUT2D eigenvalue weighted by Gasteiger charge is 2.36. The molecule has 0 bridgehead atoms. The van der Waals surface area contributed by atoms with Crippen LogP contribution >= 0.6 is 0 Å². The normalized spacial score (nSPS) is 15.3. The van der Waals surface area contributed by atoms with Gasteiger partial charge in [0.05, 0.1) is 37.6 Å². The van der Waals surface area contributed by atoms with Crippen molar-refractivity contribution < 1.29 is 28.2 Å². The minimum atomic E-state index is -0.654. The molecule has 0 unspecified atom stereocenters. The maximum absolute atomic E-state index is 15.4. The van der Waals surface area contributed by atoms with Gasteiger partial charge in [0.2, 0.25) is 5.91 Å². The monoisotopic (exact) mass is 497 g/mol. The predicted octanol–water partition coefficient (Wildman–Crippen LogP) is 4.67. The first-order valence-electron chi connectivity index (χ1n) is 12.2. The smallest absolute Gasteiger partial charge is 0.224 e. The molecule has 0 saturated carbocycles. The third-order valence-corrected chi connectivity index (χ3v) is 6.42. The lowest BCUT2D eigenvalue weighted by atomic mass is 9.85. The van der Waals surface area contributed by atoms with Gasteiger partial charge in [-0.2, -0.15) is 0 Å². The molecule has 0 radical (unpaired) electrons. The molecule has 9 heteroatoms. The standard InChI is InChI=1S/C27H32FN3O5/c1-6-21(33)30-18-10-15(9-17-24(18)36-14-27(17,4)5)19(32)13-31-12-16-11-20(34-7-2)25(35-8-3)23(28)22(16)26(31)29/h9-11,29H,6-8,12-14H2,1-5H3,(H,30,33). The van der Waals surface area contributed by atoms with E-state index in [1.807, 2.05) is 13.8 Å². The number of nitrogens with zero attached hydrogens (tertiary/aromatic N) is 1. The number of hydrogen-bond acceptors (Lipinski definition) is 6. The maximum Gasteiger partial charge on any atom is 0.224 e. The molecule has 2 aliphatic heterocycles. The second-order valence-electron chi connectivity index (χ2n) is 9.52. The van der Waals surface area contributed by atoms with E-state index >= 15 is 4.39 Å². The van der Waals surface area contributed by atoms with Crippen LogP contribution < -0.4 is 19.5 Å². The molecule has 0 aromatic heterocycles. The summed E-state index contributed by atoms with van der Waals surface area (Å²) in [5.74, 6) is -0.323. The number of amides is 1. The Morgan fingerprint density at radius 1 is 1.17 bits per heavy atom. The van der Waals surface area contributed by atoms with Gasteiger partial charge in [0, 0.05) is 29.5 Å². The molecule has 1 amide bonds. The van der Waals surface area contributed by atoms with E-state index in [1.165, 1.54) is 4.90 Å². The van der Waals surface area contributed by atoms with Gasteiger partial charge in [-0.1, -0.05) is 20.8 Å². The van der Waals surface area contributed by atoms with Gasteiger partial charge in [0.1, 0.15) is 11.6 Å². The molecule has 2 N–H and O–H groups in total. The molecule has 192 valence electrons. The Hall–Kier alpha value is -3.62. The van der Waals surface area contributed by atoms with E-state index in [1.54, 1.807) is 39.0 Å². The van der Waals surface area contributed by atoms with Crippen molar-refractivity contribution in [3.05, 3.63) is 46.3 Å². The summed E-state index contributed by atoms with van der Waals surface area (Å²) in [5, 5.41) is 11.4. The van der Waals surface area contributed by atoms with Gasteiger partial charge in [-0.25, -0.2) is 4.39 Å². The molecular formula is C27H32FN3O5. The van der Waals surface area contributed by atoms with Crippen LogP contribution in [0.15, 0.2) is 18.2 Å². The van der Waals surface area contributed by atoms with Gasteiger partial charge in [0.25, 0.3) is 0 Å². The first kappa shape index (κ1) is 25.5. The average molecular weight is 498 g/mol. The Balaban J connectivity index is 1.63. The highest BCUT2D eigenvalue weighted by atomic mass is 19.1. The number of carbonyl (C=O) groups is 2. The molecular weight excluding hydrogens is 465 g/mol. The number of nitrogens with one attached hydrogen (secondary N) is 2. The van der Waals surface area contributed by atoms with Gasteiger partial charge >= 0.3 is 0 Å². The minimum absolute atomic E-state index is 0.0202. The molecule has 8 nitrogen and oxygen atoms in total. The second kappa shape index (κ2) is 9.79. The summed E-state index contributed by atoms with van der Waals surface area (Å²) in [7, 11) is 0. The molecule has 2 heterocycles. The molecule has 0 fully saturated rings. The predicted molar refractivity (Wildman–Crippen MR) is 134 cm³/mol. The lowest BCUT2D eigenvalue weighted by Crippen LogP contribution is -2.30. The summed E-state index contributed by atoms with van der Waals surface area (Å²) >= 11 is 0. The summed E-state index contributed by atoms with van der Waals surface area (Å²) in [5.41, 5.74) is 2.05. The highest BCUT2D eigenvalue weighted by Crippen LogP contribution is 2.44. The largest absolute Gasteiger partial charge is 0.490 e. The van der Waals surface area contributed by atoms with Crippen LogP contribution in [0, 0.1) is 11.2 Å². The molecule has 0 atom stereocenters. The molecule has 0 spiro atoms. The number of ketones is 1. The zero-order valence-corrected chi connectivity index (χ0v) is 21.3. The van der Waals surface area contributed by atoms with E-state index in [-0.39, 0.29) is 59.7 Å². The number of halogens is 1. The van der Waals surface area contributed by atoms with Crippen molar-refractivity contribution in [3.63, 3.8) is 0 Å². The first-order chi connectivity index (χ1) is 17.1. The van der Waals surface area contributed by atoms with Crippen molar-refractivity contribution in [2.45, 2.75) is 53.0 Å². The van der Waals surface area contributed by atoms with Gasteiger partial charge < -0.3 is 24.4 Å². The number of anilines is 1. The third-order valence-electron chi connectivity index (χ3n) is 6.42. The average Bonchev–Trinajstić information content (AvgIpc) is 3.32. The molecule has 2 aromatic carbocycles. The maximum atomic E-state index is 15.4. The van der Waals surface area contributed by atoms with Crippen molar-refractivity contribution >= 4 is 23.2 Å². The number of fused-ring (bicyclic) bond motifs is 2. The Labute approximate surface area is 210 Å². The summed E-state index contributed by atoms with van der Waals surface area (Å²) in [6.07, 6.45) is 0.290. The molecule has 2 aliphatic rings. The van der Waals surface area contributed by atoms with Crippen molar-refractivity contribution in [2.24, 2.45) is 0 Å². The van der Waals surface area contributed by atoms with E-state index in [0.717, 1.165) is 5.56 Å². The van der Waals surface area contributed by atoms with E-state index in [9.17, 15) is 9.59 Å². The van der Waals surface area contributed by atoms with Crippen LogP contribution in [0.5, 0.6) is 17.2 Å². The molecule has 0 aliphatic carbocycles. The van der Waals surface area contributed by atoms with Crippen LogP contribution in [0.4, 0.5) is 10.1 Å². The van der Waals surface area contributed by atoms with E-state index in [2.05, 4.69) is 5.32 Å². The van der Waals surface area contributed by atoms with E-state index in [0.29, 0.717) is 42.2 Å². The van der Waals surface area contributed by atoms with Gasteiger partial charge in [0.15, 0.2) is 23.1 Å². The van der Waals surface area contributed by atoms with Gasteiger partial charge in [-0.15, -0.1) is 0 Å². The topological polar surface area (TPSA) is 101 Å². The van der Waals surface area contributed by atoms with Gasteiger partial charge in [-0.3, -0.25) is 15.0 Å². The van der Waals surface area contributed by atoms with Crippen molar-refractivity contribution in [1.82, 2.24) is 4.90 Å². The fraction of sp³-hybridized carbons (Fsp3) is 0.444. The van der Waals surface area contributed by atoms with Crippen molar-refractivity contribution in [3.8, 4) is 17.2 Å². The summed E-state index contributed by atoms with van der Waals surface area (Å²) in [4.78, 5) is 27.0. The number of carbonyl (C=O) groups excluding carboxylic acids is 2. The fourth-order valence-corrected chi connectivity index (χ4v) is 4.53. The van der Waals surface area contributed by atoms with Crippen LogP contribution in [0.1, 0.15) is 68.1 Å². The Morgan fingerprint density at radius 3 is 2.56 bits per heavy atom. The van der Waals surface area contributed by atoms with E-state index < -0.39 is 5.82 Å². The Morgan fingerprint density at radius 2 is 1.89 bits per heavy atom. The lowest BCUT2D eigenvalue weighted by Gasteiger charge is -2.20. The minimum Gasteiger partial charge on any atom is -0.490 e. The van der Waals surface area contributed by atoms with Crippen molar-refractivity contribution in [2.75, 3.05) is 31.7 Å². The molecule has 36 heavy (non-hydrogen) atoms. The molecule has 0 saturated heterocycles. The Bertz CT molecular complexity index is 1240. The SMILES string of the molecule is CCOc1cc2c(c(F)c1OCC)C(=N)N(CC(=O)c1cc(NC(=O)CC)c3c(c1)C(C)(C)CO3)C2. The first-order valence-corrected chi connectivity index (χ1v) is 12.2. The Kier molecular flexibility index (Phi) is 6.93. The zero-order valence-electron chi connectivity index (χ0n) is 21.3. The number of ether oxygens (including phenoxy) is 3. The zero-order chi connectivity index (χ0) is 26.2. The number of amidine groups is 1. The van der Waals surface area contributed by atoms with Crippen LogP contribution in [-0.2, 0) is 16.8 Å². The van der Waals surface area contributed by atoms with Crippen LogP contribution in [0.25, 0.3) is 0 Å². The van der Waals surface area contributed by atoms with Gasteiger partial charge in [-0.05, 0) is 37.6 Å². The third kappa shape index (κ3) is 4.50. The lowest BCUT2D eigenvalue weighted by molar-refractivity contribution is -0.115. The number of Topliss-reactive ketones (excluding diaryl/α,β-unsaturated/α-hetero) is 1. The number of rotatable bonds is 9. The number of benzene rings is 2. The summed E-state index contributed by atoms with van der Waals surface area (Å²) in [6, 6.07) is 5.09. The summed E-state index contributed by atoms with van der Waals surface area (Å²) < 4.78 is 32.3.